The number of anilines is 7. The third-order valence-corrected chi connectivity index (χ3v) is 11.0. The summed E-state index contributed by atoms with van der Waals surface area (Å²) in [5.41, 5.74) is 6.87. The van der Waals surface area contributed by atoms with Crippen LogP contribution in [-0.2, 0) is 42.5 Å². The maximum Gasteiger partial charge on any atom is 0.305 e. The van der Waals surface area contributed by atoms with E-state index in [-0.39, 0.29) is 66.3 Å². The number of nitrogens with two attached hydrogens (primary N) is 1. The number of hydrogen-bond donors (Lipinski definition) is 4. The molecule has 0 radical (unpaired) electrons. The Morgan fingerprint density at radius 1 is 0.557 bits per heavy atom. The van der Waals surface area contributed by atoms with Gasteiger partial charge < -0.3 is 25.6 Å². The molecule has 0 atom stereocenters. The van der Waals surface area contributed by atoms with Gasteiger partial charge in [0.25, 0.3) is 0 Å². The number of halogens is 5. The minimum atomic E-state index is -0.373. The van der Waals surface area contributed by atoms with Crippen molar-refractivity contribution in [3.63, 3.8) is 0 Å². The van der Waals surface area contributed by atoms with Crippen LogP contribution in [-0.4, -0.2) is 95.8 Å². The molecule has 5 N–H and O–H groups in total. The van der Waals surface area contributed by atoms with E-state index in [0.29, 0.717) is 59.7 Å². The van der Waals surface area contributed by atoms with Gasteiger partial charge in [-0.25, -0.2) is 43.0 Å². The number of esters is 1. The first kappa shape index (κ1) is 66.1. The van der Waals surface area contributed by atoms with Gasteiger partial charge in [0, 0.05) is 128 Å². The fourth-order valence-corrected chi connectivity index (χ4v) is 7.02. The second-order valence-corrected chi connectivity index (χ2v) is 17.7. The van der Waals surface area contributed by atoms with Crippen LogP contribution in [0.25, 0.3) is 0 Å². The van der Waals surface area contributed by atoms with E-state index in [1.165, 1.54) is 36.7 Å². The molecule has 27 heteroatoms. The fraction of sp³-hybridized carbons (Fsp3) is 0.346. The summed E-state index contributed by atoms with van der Waals surface area (Å²) in [6.45, 7) is 3.67. The van der Waals surface area contributed by atoms with Crippen LogP contribution >= 0.6 is 15.9 Å². The molecule has 8 heterocycles. The standard InChI is InChI=1S/C18H25FN4O2.C16H22FN5O2.C9H9FN4.C5H3BrFN.C4H7N3.U/c1-3-25-18(24)8-6-4-5-7-12-23(17-11-13-22(2)21-17)16-10-9-15(19)14-20-16;1-21-11-9-15(19-21)22(14-8-7-13(17)12-18-14)10-5-3-2-4-6-16(23)20-24;1-14-5-4-9(13-14)12-8-3-2-7(10)6-11-8;6-5-2-1-4(7)3-8-5;1-7-3-2-4(5)6-7;/h9-11,13-14H,3-8,12H2,1-2H3;7-9,11-12,24H,2-6,10H2,1H3,(H,20,23);2-6H,1H3,(H,11,12,13);1-3H;2-3H,1H3,(H2,5,6);. The summed E-state index contributed by atoms with van der Waals surface area (Å²) in [7, 11) is 7.35. The molecule has 422 valence electrons. The van der Waals surface area contributed by atoms with Crippen LogP contribution in [0.5, 0.6) is 0 Å². The molecule has 0 saturated carbocycles. The third kappa shape index (κ3) is 26.8. The van der Waals surface area contributed by atoms with Crippen molar-refractivity contribution in [2.24, 2.45) is 28.2 Å². The van der Waals surface area contributed by atoms with E-state index < -0.39 is 0 Å². The van der Waals surface area contributed by atoms with Gasteiger partial charge in [0.05, 0.1) is 31.4 Å². The SMILES string of the molecule is CCOC(=O)CCCCCCN(c1ccc(F)cn1)c1ccn(C)n1.Cn1ccc(N(CCCCCCC(=O)NO)c2ccc(F)cn2)n1.Cn1ccc(N)n1.Cn1ccc(Nc2ccc(F)cn2)n1.Fc1ccc(Br)nc1.[U]. The molecule has 1 amide bonds. The second kappa shape index (κ2) is 36.8. The number of pyridine rings is 4. The number of nitrogens with zero attached hydrogens (tertiary/aromatic N) is 14. The normalized spacial score (nSPS) is 10.2. The predicted octanol–water partition coefficient (Wildman–Crippen LogP) is 9.84. The molecule has 0 saturated heterocycles. The van der Waals surface area contributed by atoms with Crippen LogP contribution in [0.15, 0.2) is 127 Å². The Morgan fingerprint density at radius 3 is 1.38 bits per heavy atom. The Bertz CT molecular complexity index is 2890. The zero-order valence-electron chi connectivity index (χ0n) is 44.6. The van der Waals surface area contributed by atoms with Gasteiger partial charge in [0.2, 0.25) is 5.91 Å². The zero-order chi connectivity index (χ0) is 56.7. The number of carbonyl (C=O) groups excluding carboxylic acids is 2. The molecule has 0 spiro atoms. The van der Waals surface area contributed by atoms with Crippen molar-refractivity contribution in [1.29, 1.82) is 0 Å². The van der Waals surface area contributed by atoms with Crippen molar-refractivity contribution in [2.75, 3.05) is 40.5 Å². The van der Waals surface area contributed by atoms with E-state index >= 15 is 0 Å². The molecular weight excluding hydrogens is 1320 g/mol. The first-order valence-corrected chi connectivity index (χ1v) is 25.6. The Labute approximate surface area is 488 Å². The third-order valence-electron chi connectivity index (χ3n) is 10.5. The zero-order valence-corrected chi connectivity index (χ0v) is 50.4. The smallest absolute Gasteiger partial charge is 0.305 e. The molecule has 0 aliphatic rings. The summed E-state index contributed by atoms with van der Waals surface area (Å²) in [6.07, 6.45) is 20.0. The number of unbranched alkanes of at least 4 members (excludes halogenated alkanes) is 6. The van der Waals surface area contributed by atoms with Crippen molar-refractivity contribution in [3.05, 3.63) is 150 Å². The molecule has 0 unspecified atom stereocenters. The fourth-order valence-electron chi connectivity index (χ4n) is 6.79. The van der Waals surface area contributed by atoms with E-state index in [9.17, 15) is 27.2 Å². The first-order valence-electron chi connectivity index (χ1n) is 24.8. The van der Waals surface area contributed by atoms with E-state index in [4.69, 9.17) is 15.7 Å². The number of aromatic nitrogens is 12. The second-order valence-electron chi connectivity index (χ2n) is 16.9. The molecule has 8 rings (SSSR count). The van der Waals surface area contributed by atoms with E-state index in [0.717, 1.165) is 81.9 Å². The minimum Gasteiger partial charge on any atom is -0.466 e. The molecule has 8 aromatic rings. The number of hydroxylamine groups is 1. The van der Waals surface area contributed by atoms with Crippen LogP contribution in [0.4, 0.5) is 58.3 Å². The summed E-state index contributed by atoms with van der Waals surface area (Å²) in [5, 5.41) is 28.1. The van der Waals surface area contributed by atoms with Gasteiger partial charge in [-0.2, -0.15) is 20.4 Å². The van der Waals surface area contributed by atoms with Crippen LogP contribution < -0.4 is 26.3 Å². The maximum absolute atomic E-state index is 13.1. The maximum atomic E-state index is 13.1. The molecule has 0 aromatic carbocycles. The molecule has 79 heavy (non-hydrogen) atoms. The van der Waals surface area contributed by atoms with Gasteiger partial charge in [-0.15, -0.1) is 0 Å². The van der Waals surface area contributed by atoms with Crippen LogP contribution in [0.1, 0.15) is 71.1 Å². The minimum absolute atomic E-state index is 0. The molecule has 0 aliphatic carbocycles. The van der Waals surface area contributed by atoms with Crippen LogP contribution in [0.2, 0.25) is 0 Å². The van der Waals surface area contributed by atoms with Crippen molar-refractivity contribution in [1.82, 2.24) is 64.5 Å². The Kier molecular flexibility index (Phi) is 30.8. The number of nitrogens with one attached hydrogen (secondary N) is 2. The summed E-state index contributed by atoms with van der Waals surface area (Å²) in [5.74, 6) is 2.81. The molecule has 0 bridgehead atoms. The van der Waals surface area contributed by atoms with E-state index in [2.05, 4.69) is 61.6 Å². The monoisotopic (exact) mass is 1390 g/mol. The molecule has 0 aliphatic heterocycles. The largest absolute Gasteiger partial charge is 0.466 e. The van der Waals surface area contributed by atoms with E-state index in [1.54, 1.807) is 60.7 Å². The predicted molar refractivity (Wildman–Crippen MR) is 292 cm³/mol. The molecular formula is C52H66BrF4N17O4U. The Morgan fingerprint density at radius 2 is 1.01 bits per heavy atom. The van der Waals surface area contributed by atoms with Gasteiger partial charge in [0.15, 0.2) is 17.5 Å². The number of rotatable bonds is 21. The van der Waals surface area contributed by atoms with Gasteiger partial charge >= 0.3 is 5.97 Å². The van der Waals surface area contributed by atoms with Crippen LogP contribution in [0.3, 0.4) is 0 Å². The van der Waals surface area contributed by atoms with Crippen molar-refractivity contribution >= 4 is 68.5 Å². The van der Waals surface area contributed by atoms with Gasteiger partial charge in [-0.05, 0) is 103 Å². The van der Waals surface area contributed by atoms with Gasteiger partial charge in [-0.3, -0.25) is 33.5 Å². The summed E-state index contributed by atoms with van der Waals surface area (Å²) >= 11 is 3.07. The van der Waals surface area contributed by atoms with Gasteiger partial charge in [-0.1, -0.05) is 25.7 Å². The van der Waals surface area contributed by atoms with E-state index in [1.807, 2.05) is 81.7 Å². The number of nitrogen functional groups attached to an aromatic ring is 1. The Balaban J connectivity index is 0.000000279. The number of ether oxygens (including phenoxy) is 1. The average Bonchev–Trinajstić information content (AvgIpc) is 4.25. The van der Waals surface area contributed by atoms with Crippen molar-refractivity contribution in [2.45, 2.75) is 71.1 Å². The van der Waals surface area contributed by atoms with Crippen molar-refractivity contribution < 1.29 is 68.2 Å². The summed E-state index contributed by atoms with van der Waals surface area (Å²) in [4.78, 5) is 41.9. The van der Waals surface area contributed by atoms with Crippen LogP contribution in [0, 0.1) is 54.4 Å². The number of hydrogen-bond acceptors (Lipinski definition) is 16. The first-order chi connectivity index (χ1) is 37.5. The topological polar surface area (TPSA) is 243 Å². The number of aryl methyl sites for hydroxylation is 4. The molecule has 0 fully saturated rings. The summed E-state index contributed by atoms with van der Waals surface area (Å²) < 4.78 is 63.1. The van der Waals surface area contributed by atoms with Crippen molar-refractivity contribution in [3.8, 4) is 0 Å². The molecule has 21 nitrogen and oxygen atoms in total. The number of amides is 1. The molecule has 8 aromatic heterocycles. The Hall–Kier alpha value is -7.21. The quantitative estimate of drug-likeness (QED) is 0.0131. The summed E-state index contributed by atoms with van der Waals surface area (Å²) in [6, 6.07) is 19.2. The van der Waals surface area contributed by atoms with Gasteiger partial charge in [0.1, 0.15) is 51.1 Å². The number of carbonyl (C=O) groups is 2. The average molecular weight is 1390 g/mol.